The predicted molar refractivity (Wildman–Crippen MR) is 66.4 cm³/mol. The average Bonchev–Trinajstić information content (AvgIpc) is 2.18. The van der Waals surface area contributed by atoms with Gasteiger partial charge in [0.15, 0.2) is 0 Å². The zero-order valence-electron chi connectivity index (χ0n) is 9.96. The monoisotopic (exact) mass is 279 g/mol. The lowest BCUT2D eigenvalue weighted by molar-refractivity contribution is -0.130. The lowest BCUT2D eigenvalue weighted by Gasteiger charge is -2.20. The van der Waals surface area contributed by atoms with Gasteiger partial charge in [-0.3, -0.25) is 4.79 Å². The second kappa shape index (κ2) is 9.16. The van der Waals surface area contributed by atoms with Gasteiger partial charge in [0.25, 0.3) is 0 Å². The third-order valence-electron chi connectivity index (χ3n) is 2.24. The third-order valence-corrected chi connectivity index (χ3v) is 2.79. The van der Waals surface area contributed by atoms with Crippen molar-refractivity contribution in [1.82, 2.24) is 4.90 Å². The van der Waals surface area contributed by atoms with Crippen molar-refractivity contribution in [3.63, 3.8) is 0 Å². The molecular weight excluding hydrogens is 258 g/mol. The van der Waals surface area contributed by atoms with E-state index >= 15 is 0 Å². The van der Waals surface area contributed by atoms with Crippen LogP contribution in [0.4, 0.5) is 0 Å². The molecule has 0 aliphatic heterocycles. The molecule has 0 saturated heterocycles. The maximum Gasteiger partial charge on any atom is 0.222 e. The van der Waals surface area contributed by atoms with Gasteiger partial charge in [-0.2, -0.15) is 0 Å². The van der Waals surface area contributed by atoms with Gasteiger partial charge in [-0.25, -0.2) is 0 Å². The number of rotatable bonds is 8. The summed E-state index contributed by atoms with van der Waals surface area (Å²) in [5.74, 6) is 0.226. The van der Waals surface area contributed by atoms with Crippen LogP contribution in [0.1, 0.15) is 32.6 Å². The SMILES string of the molecule is CCCCCC(=O)N(C)CC(Br)COC. The first kappa shape index (κ1) is 14.9. The Balaban J connectivity index is 3.68. The normalized spacial score (nSPS) is 12.5. The Morgan fingerprint density at radius 3 is 2.67 bits per heavy atom. The highest BCUT2D eigenvalue weighted by molar-refractivity contribution is 9.09. The van der Waals surface area contributed by atoms with E-state index < -0.39 is 0 Å². The number of amides is 1. The van der Waals surface area contributed by atoms with Crippen LogP contribution in [0.5, 0.6) is 0 Å². The van der Waals surface area contributed by atoms with Crippen molar-refractivity contribution in [2.45, 2.75) is 37.4 Å². The van der Waals surface area contributed by atoms with E-state index in [9.17, 15) is 4.79 Å². The number of nitrogens with zero attached hydrogens (tertiary/aromatic N) is 1. The van der Waals surface area contributed by atoms with Gasteiger partial charge in [0.2, 0.25) is 5.91 Å². The molecule has 1 amide bonds. The minimum Gasteiger partial charge on any atom is -0.383 e. The van der Waals surface area contributed by atoms with Gasteiger partial charge in [-0.05, 0) is 6.42 Å². The maximum absolute atomic E-state index is 11.6. The molecule has 0 aromatic carbocycles. The van der Waals surface area contributed by atoms with Crippen molar-refractivity contribution in [2.24, 2.45) is 0 Å². The predicted octanol–water partition coefficient (Wildman–Crippen LogP) is 2.44. The van der Waals surface area contributed by atoms with E-state index in [-0.39, 0.29) is 10.7 Å². The van der Waals surface area contributed by atoms with Gasteiger partial charge in [0.05, 0.1) is 11.4 Å². The van der Waals surface area contributed by atoms with Crippen LogP contribution >= 0.6 is 15.9 Å². The fraction of sp³-hybridized carbons (Fsp3) is 0.909. The van der Waals surface area contributed by atoms with Crippen LogP contribution < -0.4 is 0 Å². The average molecular weight is 280 g/mol. The molecule has 1 unspecified atom stereocenters. The Bertz CT molecular complexity index is 176. The molecule has 0 aliphatic rings. The molecule has 0 bridgehead atoms. The quantitative estimate of drug-likeness (QED) is 0.505. The molecule has 90 valence electrons. The molecule has 0 spiro atoms. The van der Waals surface area contributed by atoms with Crippen LogP contribution in [0.3, 0.4) is 0 Å². The van der Waals surface area contributed by atoms with Crippen LogP contribution in [-0.4, -0.2) is 42.9 Å². The van der Waals surface area contributed by atoms with Crippen LogP contribution in [0.15, 0.2) is 0 Å². The summed E-state index contributed by atoms with van der Waals surface area (Å²) >= 11 is 3.47. The van der Waals surface area contributed by atoms with E-state index in [1.165, 1.54) is 0 Å². The summed E-state index contributed by atoms with van der Waals surface area (Å²) in [6, 6.07) is 0. The van der Waals surface area contributed by atoms with Crippen molar-refractivity contribution < 1.29 is 9.53 Å². The topological polar surface area (TPSA) is 29.5 Å². The molecule has 4 heteroatoms. The number of halogens is 1. The molecule has 0 rings (SSSR count). The zero-order valence-corrected chi connectivity index (χ0v) is 11.5. The van der Waals surface area contributed by atoms with Crippen LogP contribution in [-0.2, 0) is 9.53 Å². The molecule has 0 heterocycles. The summed E-state index contributed by atoms with van der Waals surface area (Å²) in [4.78, 5) is 13.6. The summed E-state index contributed by atoms with van der Waals surface area (Å²) in [5.41, 5.74) is 0. The lowest BCUT2D eigenvalue weighted by atomic mass is 10.2. The Morgan fingerprint density at radius 1 is 1.47 bits per heavy atom. The molecule has 0 aliphatic carbocycles. The van der Waals surface area contributed by atoms with Crippen molar-refractivity contribution in [1.29, 1.82) is 0 Å². The number of unbranched alkanes of at least 4 members (excludes halogenated alkanes) is 2. The molecule has 15 heavy (non-hydrogen) atoms. The molecule has 1 atom stereocenters. The first-order valence-electron chi connectivity index (χ1n) is 5.48. The fourth-order valence-corrected chi connectivity index (χ4v) is 2.05. The van der Waals surface area contributed by atoms with Gasteiger partial charge in [0.1, 0.15) is 0 Å². The summed E-state index contributed by atoms with van der Waals surface area (Å²) in [6.07, 6.45) is 3.95. The van der Waals surface area contributed by atoms with Crippen molar-refractivity contribution >= 4 is 21.8 Å². The molecule has 3 nitrogen and oxygen atoms in total. The number of ether oxygens (including phenoxy) is 1. The van der Waals surface area contributed by atoms with E-state index in [0.717, 1.165) is 19.3 Å². The zero-order chi connectivity index (χ0) is 11.7. The number of hydrogen-bond acceptors (Lipinski definition) is 2. The van der Waals surface area contributed by atoms with E-state index in [4.69, 9.17) is 4.74 Å². The molecule has 0 saturated carbocycles. The Morgan fingerprint density at radius 2 is 2.13 bits per heavy atom. The van der Waals surface area contributed by atoms with Gasteiger partial charge in [0, 0.05) is 27.1 Å². The Hall–Kier alpha value is -0.0900. The number of hydrogen-bond donors (Lipinski definition) is 0. The van der Waals surface area contributed by atoms with Crippen LogP contribution in [0.2, 0.25) is 0 Å². The highest BCUT2D eigenvalue weighted by Gasteiger charge is 2.12. The number of methoxy groups -OCH3 is 1. The molecule has 0 N–H and O–H groups in total. The lowest BCUT2D eigenvalue weighted by Crippen LogP contribution is -2.33. The number of carbonyl (C=O) groups is 1. The Labute approximate surface area is 101 Å². The number of carbonyl (C=O) groups excluding carboxylic acids is 1. The third kappa shape index (κ3) is 7.79. The van der Waals surface area contributed by atoms with Gasteiger partial charge in [-0.1, -0.05) is 35.7 Å². The van der Waals surface area contributed by atoms with E-state index in [0.29, 0.717) is 19.6 Å². The summed E-state index contributed by atoms with van der Waals surface area (Å²) in [6.45, 7) is 3.48. The van der Waals surface area contributed by atoms with Crippen LogP contribution in [0.25, 0.3) is 0 Å². The van der Waals surface area contributed by atoms with Gasteiger partial charge >= 0.3 is 0 Å². The highest BCUT2D eigenvalue weighted by atomic mass is 79.9. The smallest absolute Gasteiger partial charge is 0.222 e. The minimum atomic E-state index is 0.225. The second-order valence-corrected chi connectivity index (χ2v) is 5.08. The molecule has 0 aromatic heterocycles. The van der Waals surface area contributed by atoms with E-state index in [1.54, 1.807) is 12.0 Å². The fourth-order valence-electron chi connectivity index (χ4n) is 1.35. The Kier molecular flexibility index (Phi) is 9.10. The van der Waals surface area contributed by atoms with Crippen molar-refractivity contribution in [3.05, 3.63) is 0 Å². The first-order valence-corrected chi connectivity index (χ1v) is 6.40. The van der Waals surface area contributed by atoms with Crippen LogP contribution in [0, 0.1) is 0 Å². The molecule has 0 aromatic rings. The van der Waals surface area contributed by atoms with Gasteiger partial charge < -0.3 is 9.64 Å². The molecule has 0 radical (unpaired) electrons. The van der Waals surface area contributed by atoms with E-state index in [1.807, 2.05) is 7.05 Å². The number of alkyl halides is 1. The second-order valence-electron chi connectivity index (χ2n) is 3.78. The molecule has 0 fully saturated rings. The first-order chi connectivity index (χ1) is 7.11. The van der Waals surface area contributed by atoms with Crippen molar-refractivity contribution in [3.8, 4) is 0 Å². The highest BCUT2D eigenvalue weighted by Crippen LogP contribution is 2.06. The molecular formula is C11H22BrNO2. The summed E-state index contributed by atoms with van der Waals surface area (Å²) in [5, 5.41) is 0. The standard InChI is InChI=1S/C11H22BrNO2/c1-4-5-6-7-11(14)13(2)8-10(12)9-15-3/h10H,4-9H2,1-3H3. The minimum absolute atomic E-state index is 0.225. The van der Waals surface area contributed by atoms with E-state index in [2.05, 4.69) is 22.9 Å². The van der Waals surface area contributed by atoms with Gasteiger partial charge in [-0.15, -0.1) is 0 Å². The largest absolute Gasteiger partial charge is 0.383 e. The summed E-state index contributed by atoms with van der Waals surface area (Å²) < 4.78 is 5.00. The van der Waals surface area contributed by atoms with Crippen molar-refractivity contribution in [2.75, 3.05) is 27.3 Å². The summed E-state index contributed by atoms with van der Waals surface area (Å²) in [7, 11) is 3.51. The maximum atomic E-state index is 11.6.